The molecule has 0 unspecified atom stereocenters. The molecule has 0 aliphatic carbocycles. The lowest BCUT2D eigenvalue weighted by Gasteiger charge is -2.26. The summed E-state index contributed by atoms with van der Waals surface area (Å²) in [5.74, 6) is -0.871. The van der Waals surface area contributed by atoms with Crippen molar-refractivity contribution in [2.75, 3.05) is 32.9 Å². The number of carbonyl (C=O) groups excluding carboxylic acids is 2. The van der Waals surface area contributed by atoms with Gasteiger partial charge in [0.15, 0.2) is 5.78 Å². The predicted molar refractivity (Wildman–Crippen MR) is 86.7 cm³/mol. The number of nitrogens with zero attached hydrogens (tertiary/aromatic N) is 1. The van der Waals surface area contributed by atoms with Crippen LogP contribution in [0.25, 0.3) is 6.08 Å². The van der Waals surface area contributed by atoms with E-state index in [1.54, 1.807) is 12.1 Å². The lowest BCUT2D eigenvalue weighted by atomic mass is 10.2. The van der Waals surface area contributed by atoms with E-state index in [1.807, 2.05) is 0 Å². The van der Waals surface area contributed by atoms with E-state index in [1.165, 1.54) is 35.5 Å². The molecule has 8 heteroatoms. The third kappa shape index (κ3) is 4.98. The quantitative estimate of drug-likeness (QED) is 0.556. The van der Waals surface area contributed by atoms with Crippen molar-refractivity contribution >= 4 is 27.9 Å². The highest BCUT2D eigenvalue weighted by Crippen LogP contribution is 2.18. The summed E-state index contributed by atoms with van der Waals surface area (Å²) in [6.45, 7) is 2.52. The fourth-order valence-corrected chi connectivity index (χ4v) is 3.48. The summed E-state index contributed by atoms with van der Waals surface area (Å²) in [5, 5.41) is 0. The number of ketones is 1. The van der Waals surface area contributed by atoms with Crippen LogP contribution in [0.2, 0.25) is 0 Å². The molecular weight excluding hydrogens is 334 g/mol. The standard InChI is InChI=1S/C16H19NO6S/c1-13(18)12-23-16(19)7-4-14-2-5-15(6-3-14)24(20,21)17-8-10-22-11-9-17/h2-7H,8-12H2,1H3/b7-4+. The Labute approximate surface area is 140 Å². The molecule has 1 aliphatic heterocycles. The Morgan fingerprint density at radius 2 is 1.83 bits per heavy atom. The Morgan fingerprint density at radius 1 is 1.21 bits per heavy atom. The first-order valence-electron chi connectivity index (χ1n) is 7.42. The smallest absolute Gasteiger partial charge is 0.331 e. The maximum Gasteiger partial charge on any atom is 0.331 e. The second kappa shape index (κ2) is 8.18. The number of hydrogen-bond acceptors (Lipinski definition) is 6. The number of morpholine rings is 1. The third-order valence-electron chi connectivity index (χ3n) is 3.32. The Balaban J connectivity index is 2.02. The van der Waals surface area contributed by atoms with Gasteiger partial charge < -0.3 is 9.47 Å². The van der Waals surface area contributed by atoms with Crippen LogP contribution in [-0.4, -0.2) is 57.4 Å². The van der Waals surface area contributed by atoms with Gasteiger partial charge in [-0.3, -0.25) is 4.79 Å². The molecule has 0 N–H and O–H groups in total. The Morgan fingerprint density at radius 3 is 2.42 bits per heavy atom. The molecule has 0 aromatic heterocycles. The monoisotopic (exact) mass is 353 g/mol. The highest BCUT2D eigenvalue weighted by molar-refractivity contribution is 7.89. The van der Waals surface area contributed by atoms with E-state index in [2.05, 4.69) is 0 Å². The molecule has 7 nitrogen and oxygen atoms in total. The zero-order chi connectivity index (χ0) is 17.6. The van der Waals surface area contributed by atoms with Gasteiger partial charge in [-0.05, 0) is 30.7 Å². The molecule has 1 fully saturated rings. The average Bonchev–Trinajstić information content (AvgIpc) is 2.59. The maximum absolute atomic E-state index is 12.5. The van der Waals surface area contributed by atoms with Gasteiger partial charge in [0.2, 0.25) is 10.0 Å². The number of Topliss-reactive ketones (excluding diaryl/α,β-unsaturated/α-hetero) is 1. The SMILES string of the molecule is CC(=O)COC(=O)/C=C/c1ccc(S(=O)(=O)N2CCOCC2)cc1. The zero-order valence-electron chi connectivity index (χ0n) is 13.3. The van der Waals surface area contributed by atoms with Crippen molar-refractivity contribution in [2.24, 2.45) is 0 Å². The van der Waals surface area contributed by atoms with Crippen LogP contribution in [0, 0.1) is 0 Å². The van der Waals surface area contributed by atoms with E-state index in [9.17, 15) is 18.0 Å². The van der Waals surface area contributed by atoms with Gasteiger partial charge in [0.1, 0.15) is 6.61 Å². The molecule has 1 aromatic carbocycles. The Hall–Kier alpha value is -2.03. The number of rotatable bonds is 6. The van der Waals surface area contributed by atoms with E-state index in [-0.39, 0.29) is 17.3 Å². The summed E-state index contributed by atoms with van der Waals surface area (Å²) in [4.78, 5) is 22.3. The molecule has 0 atom stereocenters. The largest absolute Gasteiger partial charge is 0.455 e. The first-order valence-corrected chi connectivity index (χ1v) is 8.86. The van der Waals surface area contributed by atoms with Gasteiger partial charge in [-0.1, -0.05) is 12.1 Å². The number of benzene rings is 1. The summed E-state index contributed by atoms with van der Waals surface area (Å²) in [6.07, 6.45) is 2.68. The van der Waals surface area contributed by atoms with Crippen LogP contribution >= 0.6 is 0 Å². The first-order chi connectivity index (χ1) is 11.4. The summed E-state index contributed by atoms with van der Waals surface area (Å²) in [7, 11) is -3.53. The van der Waals surface area contributed by atoms with Gasteiger partial charge in [-0.2, -0.15) is 4.31 Å². The van der Waals surface area contributed by atoms with Gasteiger partial charge in [0.05, 0.1) is 18.1 Å². The van der Waals surface area contributed by atoms with Crippen molar-refractivity contribution in [1.29, 1.82) is 0 Å². The average molecular weight is 353 g/mol. The molecule has 1 aromatic rings. The minimum Gasteiger partial charge on any atom is -0.455 e. The van der Waals surface area contributed by atoms with E-state index >= 15 is 0 Å². The number of sulfonamides is 1. The van der Waals surface area contributed by atoms with Gasteiger partial charge >= 0.3 is 5.97 Å². The minimum absolute atomic E-state index is 0.195. The second-order valence-corrected chi connectivity index (χ2v) is 7.17. The molecule has 24 heavy (non-hydrogen) atoms. The highest BCUT2D eigenvalue weighted by Gasteiger charge is 2.25. The summed E-state index contributed by atoms with van der Waals surface area (Å²) in [5.41, 5.74) is 0.649. The minimum atomic E-state index is -3.53. The maximum atomic E-state index is 12.5. The van der Waals surface area contributed by atoms with E-state index in [4.69, 9.17) is 9.47 Å². The summed E-state index contributed by atoms with van der Waals surface area (Å²) < 4.78 is 36.2. The molecule has 0 radical (unpaired) electrons. The summed E-state index contributed by atoms with van der Waals surface area (Å²) >= 11 is 0. The van der Waals surface area contributed by atoms with E-state index in [0.29, 0.717) is 31.9 Å². The van der Waals surface area contributed by atoms with Gasteiger partial charge in [0.25, 0.3) is 0 Å². The normalized spacial score (nSPS) is 16.2. The summed E-state index contributed by atoms with van der Waals surface area (Å²) in [6, 6.07) is 6.18. The lowest BCUT2D eigenvalue weighted by molar-refractivity contribution is -0.142. The second-order valence-electron chi connectivity index (χ2n) is 5.23. The van der Waals surface area contributed by atoms with Gasteiger partial charge in [-0.25, -0.2) is 13.2 Å². The first kappa shape index (κ1) is 18.3. The molecule has 0 spiro atoms. The number of esters is 1. The van der Waals surface area contributed by atoms with Crippen LogP contribution in [0.3, 0.4) is 0 Å². The van der Waals surface area contributed by atoms with Crippen molar-refractivity contribution in [3.63, 3.8) is 0 Å². The fourth-order valence-electron chi connectivity index (χ4n) is 2.07. The zero-order valence-corrected chi connectivity index (χ0v) is 14.1. The van der Waals surface area contributed by atoms with E-state index < -0.39 is 16.0 Å². The van der Waals surface area contributed by atoms with Gasteiger partial charge in [0, 0.05) is 19.2 Å². The molecular formula is C16H19NO6S. The van der Waals surface area contributed by atoms with Crippen LogP contribution in [-0.2, 0) is 29.1 Å². The Bertz CT molecular complexity index is 717. The molecule has 0 amide bonds. The third-order valence-corrected chi connectivity index (χ3v) is 5.23. The topological polar surface area (TPSA) is 90.0 Å². The van der Waals surface area contributed by atoms with Gasteiger partial charge in [-0.15, -0.1) is 0 Å². The van der Waals surface area contributed by atoms with Crippen LogP contribution < -0.4 is 0 Å². The lowest BCUT2D eigenvalue weighted by Crippen LogP contribution is -2.40. The van der Waals surface area contributed by atoms with Crippen molar-refractivity contribution < 1.29 is 27.5 Å². The molecule has 0 bridgehead atoms. The molecule has 130 valence electrons. The molecule has 2 rings (SSSR count). The van der Waals surface area contributed by atoms with Crippen molar-refractivity contribution in [2.45, 2.75) is 11.8 Å². The molecule has 1 saturated heterocycles. The number of ether oxygens (including phenoxy) is 2. The van der Waals surface area contributed by atoms with Crippen LogP contribution in [0.4, 0.5) is 0 Å². The van der Waals surface area contributed by atoms with Crippen LogP contribution in [0.15, 0.2) is 35.2 Å². The van der Waals surface area contributed by atoms with Crippen molar-refractivity contribution in [1.82, 2.24) is 4.31 Å². The van der Waals surface area contributed by atoms with Crippen molar-refractivity contribution in [3.05, 3.63) is 35.9 Å². The van der Waals surface area contributed by atoms with Crippen LogP contribution in [0.5, 0.6) is 0 Å². The number of hydrogen-bond donors (Lipinski definition) is 0. The predicted octanol–water partition coefficient (Wildman–Crippen LogP) is 0.853. The molecule has 1 aliphatic rings. The van der Waals surface area contributed by atoms with Crippen molar-refractivity contribution in [3.8, 4) is 0 Å². The Kier molecular flexibility index (Phi) is 6.24. The molecule has 0 saturated carbocycles. The molecule has 1 heterocycles. The van der Waals surface area contributed by atoms with Crippen LogP contribution in [0.1, 0.15) is 12.5 Å². The highest BCUT2D eigenvalue weighted by atomic mass is 32.2. The number of carbonyl (C=O) groups is 2. The van der Waals surface area contributed by atoms with E-state index in [0.717, 1.165) is 0 Å². The fraction of sp³-hybridized carbons (Fsp3) is 0.375.